The topological polar surface area (TPSA) is 9.23 Å². The Bertz CT molecular complexity index is 456. The number of halogens is 5. The minimum absolute atomic E-state index is 0.231. The zero-order valence-electron chi connectivity index (χ0n) is 7.68. The van der Waals surface area contributed by atoms with E-state index in [1.54, 1.807) is 12.1 Å². The van der Waals surface area contributed by atoms with Crippen LogP contribution in [0.3, 0.4) is 0 Å². The van der Waals surface area contributed by atoms with E-state index in [1.165, 1.54) is 6.08 Å². The van der Waals surface area contributed by atoms with Crippen LogP contribution in [0, 0.1) is 3.57 Å². The summed E-state index contributed by atoms with van der Waals surface area (Å²) in [7, 11) is 0. The number of hydrogen-bond acceptors (Lipinski definition) is 1. The maximum atomic E-state index is 12.4. The van der Waals surface area contributed by atoms with Gasteiger partial charge in [-0.3, -0.25) is 0 Å². The smallest absolute Gasteiger partial charge is 0.429 e. The highest BCUT2D eigenvalue weighted by molar-refractivity contribution is 14.1. The summed E-state index contributed by atoms with van der Waals surface area (Å²) >= 11 is 7.69. The van der Waals surface area contributed by atoms with E-state index >= 15 is 0 Å². The molecular weight excluding hydrogens is 355 g/mol. The fourth-order valence-corrected chi connectivity index (χ4v) is 2.55. The van der Waals surface area contributed by atoms with Crippen LogP contribution < -0.4 is 4.74 Å². The Kier molecular flexibility index (Phi) is 3.09. The third-order valence-corrected chi connectivity index (χ3v) is 3.07. The lowest BCUT2D eigenvalue weighted by Gasteiger charge is -2.24. The van der Waals surface area contributed by atoms with Gasteiger partial charge in [0.1, 0.15) is 5.75 Å². The highest BCUT2D eigenvalue weighted by Gasteiger charge is 2.41. The predicted molar refractivity (Wildman–Crippen MR) is 63.7 cm³/mol. The van der Waals surface area contributed by atoms with Crippen LogP contribution in [0.2, 0.25) is 5.02 Å². The van der Waals surface area contributed by atoms with Crippen LogP contribution >= 0.6 is 34.2 Å². The molecule has 1 aromatic rings. The number of benzene rings is 1. The third kappa shape index (κ3) is 2.29. The summed E-state index contributed by atoms with van der Waals surface area (Å²) < 4.78 is 42.8. The molecule has 0 saturated carbocycles. The lowest BCUT2D eigenvalue weighted by molar-refractivity contribution is -0.180. The Morgan fingerprint density at radius 2 is 2.00 bits per heavy atom. The molecule has 86 valence electrons. The van der Waals surface area contributed by atoms with Gasteiger partial charge in [-0.1, -0.05) is 17.7 Å². The second-order valence-corrected chi connectivity index (χ2v) is 4.84. The van der Waals surface area contributed by atoms with Crippen molar-refractivity contribution in [2.45, 2.75) is 12.3 Å². The Hall–Kier alpha value is -0.430. The van der Waals surface area contributed by atoms with E-state index in [2.05, 4.69) is 0 Å². The Morgan fingerprint density at radius 1 is 1.31 bits per heavy atom. The Balaban J connectivity index is 2.42. The molecule has 0 spiro atoms. The lowest BCUT2D eigenvalue weighted by atomic mass is 10.1. The van der Waals surface area contributed by atoms with Crippen LogP contribution in [0.25, 0.3) is 6.08 Å². The van der Waals surface area contributed by atoms with Gasteiger partial charge in [-0.25, -0.2) is 0 Å². The Morgan fingerprint density at radius 3 is 2.62 bits per heavy atom. The van der Waals surface area contributed by atoms with Crippen molar-refractivity contribution in [3.8, 4) is 5.75 Å². The van der Waals surface area contributed by atoms with E-state index in [9.17, 15) is 13.2 Å². The number of ether oxygens (including phenoxy) is 1. The minimum atomic E-state index is -4.39. The van der Waals surface area contributed by atoms with Crippen LogP contribution in [-0.4, -0.2) is 12.3 Å². The molecule has 1 nitrogen and oxygen atoms in total. The van der Waals surface area contributed by atoms with Gasteiger partial charge in [0.2, 0.25) is 6.10 Å². The largest absolute Gasteiger partial charge is 0.475 e. The van der Waals surface area contributed by atoms with Crippen molar-refractivity contribution in [1.82, 2.24) is 0 Å². The first-order chi connectivity index (χ1) is 7.38. The minimum Gasteiger partial charge on any atom is -0.475 e. The number of hydrogen-bond donors (Lipinski definition) is 0. The molecule has 0 fully saturated rings. The monoisotopic (exact) mass is 360 g/mol. The van der Waals surface area contributed by atoms with E-state index in [0.29, 0.717) is 14.2 Å². The van der Waals surface area contributed by atoms with E-state index in [4.69, 9.17) is 16.3 Å². The molecule has 0 amide bonds. The number of fused-ring (bicyclic) bond motifs is 1. The molecular formula is C10H5ClF3IO. The van der Waals surface area contributed by atoms with Gasteiger partial charge in [-0.05, 0) is 40.8 Å². The molecule has 1 aromatic carbocycles. The third-order valence-electron chi connectivity index (χ3n) is 2.06. The van der Waals surface area contributed by atoms with Crippen molar-refractivity contribution in [2.75, 3.05) is 0 Å². The lowest BCUT2D eigenvalue weighted by Crippen LogP contribution is -2.34. The van der Waals surface area contributed by atoms with Gasteiger partial charge >= 0.3 is 6.18 Å². The fraction of sp³-hybridized carbons (Fsp3) is 0.200. The predicted octanol–water partition coefficient (Wildman–Crippen LogP) is 4.28. The van der Waals surface area contributed by atoms with Crippen LogP contribution in [0.4, 0.5) is 13.2 Å². The quantitative estimate of drug-likeness (QED) is 0.628. The first-order valence-electron chi connectivity index (χ1n) is 4.28. The standard InChI is InChI=1S/C10H5ClF3IO/c11-6-3-5-1-2-8(10(12,13)14)16-9(5)7(15)4-6/h1-4,8H. The zero-order chi connectivity index (χ0) is 11.9. The van der Waals surface area contributed by atoms with Crippen molar-refractivity contribution >= 4 is 40.3 Å². The van der Waals surface area contributed by atoms with Crippen LogP contribution in [-0.2, 0) is 0 Å². The summed E-state index contributed by atoms with van der Waals surface area (Å²) in [5.41, 5.74) is 0.567. The van der Waals surface area contributed by atoms with E-state index in [-0.39, 0.29) is 5.75 Å². The number of alkyl halides is 3. The van der Waals surface area contributed by atoms with Crippen molar-refractivity contribution < 1.29 is 17.9 Å². The summed E-state index contributed by atoms with van der Waals surface area (Å²) in [5, 5.41) is 0.474. The maximum absolute atomic E-state index is 12.4. The molecule has 1 aliphatic rings. The Labute approximate surface area is 108 Å². The zero-order valence-corrected chi connectivity index (χ0v) is 10.6. The van der Waals surface area contributed by atoms with Gasteiger partial charge in [-0.2, -0.15) is 13.2 Å². The van der Waals surface area contributed by atoms with Crippen LogP contribution in [0.5, 0.6) is 5.75 Å². The summed E-state index contributed by atoms with van der Waals surface area (Å²) in [6.45, 7) is 0. The van der Waals surface area contributed by atoms with E-state index in [1.807, 2.05) is 22.6 Å². The van der Waals surface area contributed by atoms with Gasteiger partial charge in [0, 0.05) is 10.6 Å². The molecule has 0 radical (unpaired) electrons. The molecule has 0 bridgehead atoms. The average Bonchev–Trinajstić information content (AvgIpc) is 2.15. The highest BCUT2D eigenvalue weighted by Crippen LogP contribution is 2.37. The van der Waals surface area contributed by atoms with Crippen LogP contribution in [0.15, 0.2) is 18.2 Å². The SMILES string of the molecule is FC(F)(F)C1C=Cc2cc(Cl)cc(I)c2O1. The summed E-state index contributed by atoms with van der Waals surface area (Å²) in [5.74, 6) is 0.231. The van der Waals surface area contributed by atoms with Crippen molar-refractivity contribution in [3.63, 3.8) is 0 Å². The molecule has 6 heteroatoms. The molecule has 0 saturated heterocycles. The van der Waals surface area contributed by atoms with E-state index < -0.39 is 12.3 Å². The van der Waals surface area contributed by atoms with Gasteiger partial charge in [0.05, 0.1) is 3.57 Å². The van der Waals surface area contributed by atoms with Crippen molar-refractivity contribution in [1.29, 1.82) is 0 Å². The molecule has 0 aliphatic carbocycles. The highest BCUT2D eigenvalue weighted by atomic mass is 127. The molecule has 0 aromatic heterocycles. The molecule has 1 atom stereocenters. The second-order valence-electron chi connectivity index (χ2n) is 3.25. The van der Waals surface area contributed by atoms with Crippen molar-refractivity contribution in [2.24, 2.45) is 0 Å². The fourth-order valence-electron chi connectivity index (χ4n) is 1.36. The normalized spacial score (nSPS) is 19.2. The van der Waals surface area contributed by atoms with Gasteiger partial charge in [-0.15, -0.1) is 0 Å². The molecule has 16 heavy (non-hydrogen) atoms. The van der Waals surface area contributed by atoms with Gasteiger partial charge in [0.25, 0.3) is 0 Å². The summed E-state index contributed by atoms with van der Waals surface area (Å²) in [6, 6.07) is 3.13. The van der Waals surface area contributed by atoms with Crippen molar-refractivity contribution in [3.05, 3.63) is 32.4 Å². The van der Waals surface area contributed by atoms with Crippen LogP contribution in [0.1, 0.15) is 5.56 Å². The molecule has 1 heterocycles. The first-order valence-corrected chi connectivity index (χ1v) is 5.74. The number of rotatable bonds is 0. The molecule has 2 rings (SSSR count). The summed E-state index contributed by atoms with van der Waals surface area (Å²) in [6.07, 6.45) is -3.91. The molecule has 1 unspecified atom stereocenters. The average molecular weight is 361 g/mol. The molecule has 0 N–H and O–H groups in total. The second kappa shape index (κ2) is 4.10. The van der Waals surface area contributed by atoms with Gasteiger partial charge < -0.3 is 4.74 Å². The van der Waals surface area contributed by atoms with E-state index in [0.717, 1.165) is 6.08 Å². The van der Waals surface area contributed by atoms with Gasteiger partial charge in [0.15, 0.2) is 0 Å². The maximum Gasteiger partial charge on any atom is 0.429 e. The first kappa shape index (κ1) is 12.0. The molecule has 1 aliphatic heterocycles. The summed E-state index contributed by atoms with van der Waals surface area (Å²) in [4.78, 5) is 0.